The monoisotopic (exact) mass is 708 g/mol. The largest absolute Gasteiger partial charge is 0.304 e. The predicted molar refractivity (Wildman–Crippen MR) is 167 cm³/mol. The van der Waals surface area contributed by atoms with Gasteiger partial charge in [-0.25, -0.2) is 0 Å². The summed E-state index contributed by atoms with van der Waals surface area (Å²) >= 11 is 0. The third-order valence-corrected chi connectivity index (χ3v) is 6.90. The van der Waals surface area contributed by atoms with Gasteiger partial charge in [0.2, 0.25) is 0 Å². The fourth-order valence-corrected chi connectivity index (χ4v) is 4.91. The molecule has 0 aliphatic carbocycles. The van der Waals surface area contributed by atoms with E-state index in [1.54, 1.807) is 18.2 Å². The number of pyridine rings is 2. The average Bonchev–Trinajstić information content (AvgIpc) is 3.05. The van der Waals surface area contributed by atoms with Crippen molar-refractivity contribution >= 4 is 21.5 Å². The van der Waals surface area contributed by atoms with Crippen LogP contribution in [0.1, 0.15) is 15.2 Å². The van der Waals surface area contributed by atoms with Gasteiger partial charge in [-0.1, -0.05) is 89.5 Å². The Kier molecular flexibility index (Phi) is 7.62. The standard InChI is InChI=1S/C26H18N.C12H10N.Ir/c1-18-7-6-16-27-26(18)20-14-12-19(13-15-20)25-17-21-8-2-3-9-22(21)23-10-4-5-11-24(23)25;1-10-7-8-12(13-9-10)11-5-3-2-4-6-11;/h2-14,16-17H,1H3;2-5,7-9H,1H3;/q2*-1;/i;1D3;. The van der Waals surface area contributed by atoms with Gasteiger partial charge in [0.1, 0.15) is 0 Å². The summed E-state index contributed by atoms with van der Waals surface area (Å²) in [6.45, 7) is -0.00709. The molecule has 0 aliphatic rings. The van der Waals surface area contributed by atoms with Crippen LogP contribution in [0.5, 0.6) is 0 Å². The summed E-state index contributed by atoms with van der Waals surface area (Å²) in [4.78, 5) is 8.63. The van der Waals surface area contributed by atoms with E-state index in [-0.39, 0.29) is 25.7 Å². The van der Waals surface area contributed by atoms with Crippen LogP contribution in [0, 0.1) is 25.9 Å². The van der Waals surface area contributed by atoms with Crippen LogP contribution >= 0.6 is 0 Å². The molecule has 0 fully saturated rings. The molecule has 0 saturated heterocycles. The summed E-state index contributed by atoms with van der Waals surface area (Å²) in [5.41, 5.74) is 7.45. The molecule has 201 valence electrons. The molecule has 7 aromatic rings. The Balaban J connectivity index is 0.000000194. The van der Waals surface area contributed by atoms with Crippen molar-refractivity contribution in [3.05, 3.63) is 157 Å². The minimum absolute atomic E-state index is 0. The summed E-state index contributed by atoms with van der Waals surface area (Å²) in [7, 11) is 0. The first kappa shape index (κ1) is 24.4. The Morgan fingerprint density at radius 2 is 1.49 bits per heavy atom. The van der Waals surface area contributed by atoms with E-state index in [0.717, 1.165) is 28.1 Å². The van der Waals surface area contributed by atoms with Gasteiger partial charge in [0.05, 0.1) is 0 Å². The van der Waals surface area contributed by atoms with E-state index in [2.05, 4.69) is 108 Å². The topological polar surface area (TPSA) is 25.8 Å². The Labute approximate surface area is 259 Å². The SMILES string of the molecule is Cc1cccnc1-c1[c-]cc(-c2cc3ccccc3c3ccccc23)cc1.[2H]C([2H])([2H])c1ccc(-c2[c-]cccc2)nc1.[Ir]. The van der Waals surface area contributed by atoms with Crippen molar-refractivity contribution in [1.29, 1.82) is 0 Å². The van der Waals surface area contributed by atoms with Crippen LogP contribution in [0.4, 0.5) is 0 Å². The van der Waals surface area contributed by atoms with E-state index in [1.807, 2.05) is 30.5 Å². The van der Waals surface area contributed by atoms with E-state index in [9.17, 15) is 0 Å². The fraction of sp³-hybridized carbons (Fsp3) is 0.0526. The van der Waals surface area contributed by atoms with Crippen molar-refractivity contribution in [3.8, 4) is 33.6 Å². The second kappa shape index (κ2) is 12.8. The van der Waals surface area contributed by atoms with Gasteiger partial charge < -0.3 is 9.97 Å². The minimum Gasteiger partial charge on any atom is -0.304 e. The van der Waals surface area contributed by atoms with Crippen molar-refractivity contribution in [2.45, 2.75) is 13.8 Å². The van der Waals surface area contributed by atoms with Gasteiger partial charge in [-0.05, 0) is 58.3 Å². The van der Waals surface area contributed by atoms with Gasteiger partial charge in [0.15, 0.2) is 0 Å². The smallest absolute Gasteiger partial charge is 0.0280 e. The molecule has 5 aromatic carbocycles. The summed E-state index contributed by atoms with van der Waals surface area (Å²) < 4.78 is 21.7. The number of hydrogen-bond acceptors (Lipinski definition) is 2. The number of aryl methyl sites for hydroxylation is 2. The number of fused-ring (bicyclic) bond motifs is 3. The van der Waals surface area contributed by atoms with Crippen LogP contribution in [0.25, 0.3) is 55.2 Å². The normalized spacial score (nSPS) is 11.9. The van der Waals surface area contributed by atoms with E-state index in [0.29, 0.717) is 0 Å². The second-order valence-electron chi connectivity index (χ2n) is 9.56. The summed E-state index contributed by atoms with van der Waals surface area (Å²) in [6, 6.07) is 47.1. The molecule has 2 nitrogen and oxygen atoms in total. The van der Waals surface area contributed by atoms with Gasteiger partial charge in [0.25, 0.3) is 0 Å². The molecular formula is C38H28IrN2-2. The maximum absolute atomic E-state index is 7.23. The zero-order chi connectivity index (χ0) is 29.8. The number of nitrogens with zero attached hydrogens (tertiary/aromatic N) is 2. The van der Waals surface area contributed by atoms with Gasteiger partial charge in [-0.15, -0.1) is 65.7 Å². The zero-order valence-corrected chi connectivity index (χ0v) is 24.8. The number of aromatic nitrogens is 2. The molecule has 0 atom stereocenters. The quantitative estimate of drug-likeness (QED) is 0.135. The third-order valence-electron chi connectivity index (χ3n) is 6.90. The van der Waals surface area contributed by atoms with Gasteiger partial charge in [-0.3, -0.25) is 0 Å². The molecule has 0 unspecified atom stereocenters. The predicted octanol–water partition coefficient (Wildman–Crippen LogP) is 9.69. The van der Waals surface area contributed by atoms with Crippen molar-refractivity contribution in [2.24, 2.45) is 0 Å². The van der Waals surface area contributed by atoms with Gasteiger partial charge >= 0.3 is 0 Å². The van der Waals surface area contributed by atoms with Crippen LogP contribution in [0.2, 0.25) is 0 Å². The Bertz CT molecular complexity index is 2000. The van der Waals surface area contributed by atoms with Gasteiger partial charge in [-0.2, -0.15) is 0 Å². The van der Waals surface area contributed by atoms with Crippen molar-refractivity contribution in [3.63, 3.8) is 0 Å². The number of benzene rings is 5. The van der Waals surface area contributed by atoms with Crippen LogP contribution in [-0.4, -0.2) is 9.97 Å². The molecule has 2 heterocycles. The second-order valence-corrected chi connectivity index (χ2v) is 9.56. The van der Waals surface area contributed by atoms with E-state index < -0.39 is 6.85 Å². The minimum atomic E-state index is -2.09. The van der Waals surface area contributed by atoms with Crippen LogP contribution in [0.15, 0.2) is 134 Å². The third kappa shape index (κ3) is 6.17. The molecule has 1 radical (unpaired) electrons. The van der Waals surface area contributed by atoms with Crippen molar-refractivity contribution in [2.75, 3.05) is 0 Å². The molecular weight excluding hydrogens is 677 g/mol. The average molecular weight is 708 g/mol. The molecule has 0 amide bonds. The first-order valence-corrected chi connectivity index (χ1v) is 13.2. The van der Waals surface area contributed by atoms with E-state index in [1.165, 1.54) is 38.9 Å². The first-order valence-electron chi connectivity index (χ1n) is 14.7. The van der Waals surface area contributed by atoms with E-state index >= 15 is 0 Å². The molecule has 0 bridgehead atoms. The van der Waals surface area contributed by atoms with Crippen LogP contribution in [-0.2, 0) is 20.1 Å². The zero-order valence-electron chi connectivity index (χ0n) is 25.4. The maximum atomic E-state index is 7.23. The van der Waals surface area contributed by atoms with Crippen molar-refractivity contribution in [1.82, 2.24) is 9.97 Å². The maximum Gasteiger partial charge on any atom is 0.0280 e. The number of hydrogen-bond donors (Lipinski definition) is 0. The molecule has 2 aromatic heterocycles. The molecule has 0 spiro atoms. The Hall–Kier alpha value is -4.43. The first-order chi connectivity index (χ1) is 20.9. The summed E-state index contributed by atoms with van der Waals surface area (Å²) in [5.74, 6) is 0. The molecule has 0 saturated carbocycles. The molecule has 0 aliphatic heterocycles. The summed E-state index contributed by atoms with van der Waals surface area (Å²) in [6.07, 6.45) is 3.23. The Morgan fingerprint density at radius 3 is 2.20 bits per heavy atom. The van der Waals surface area contributed by atoms with Crippen LogP contribution in [0.3, 0.4) is 0 Å². The van der Waals surface area contributed by atoms with E-state index in [4.69, 9.17) is 4.11 Å². The van der Waals surface area contributed by atoms with Crippen LogP contribution < -0.4 is 0 Å². The molecule has 3 heteroatoms. The molecule has 41 heavy (non-hydrogen) atoms. The summed E-state index contributed by atoms with van der Waals surface area (Å²) in [5, 5.41) is 5.11. The molecule has 0 N–H and O–H groups in total. The Morgan fingerprint density at radius 1 is 0.683 bits per heavy atom. The fourth-order valence-electron chi connectivity index (χ4n) is 4.91. The van der Waals surface area contributed by atoms with Gasteiger partial charge in [0, 0.05) is 36.6 Å². The van der Waals surface area contributed by atoms with Crippen molar-refractivity contribution < 1.29 is 24.2 Å². The molecule has 7 rings (SSSR count). The number of rotatable bonds is 3.